The fourth-order valence-corrected chi connectivity index (χ4v) is 0. The molecule has 10 heteroatoms. The predicted molar refractivity (Wildman–Crippen MR) is 42.9 cm³/mol. The Bertz CT molecular complexity index is 4.69. The Kier molecular flexibility index (Phi) is 4630000000000. The van der Waals surface area contributed by atoms with Crippen molar-refractivity contribution in [3.8, 4) is 0 Å². The molecule has 0 saturated heterocycles. The van der Waals surface area contributed by atoms with Crippen molar-refractivity contribution in [2.75, 3.05) is 0 Å². The zero-order valence-corrected chi connectivity index (χ0v) is 6.00. The van der Waals surface area contributed by atoms with E-state index in [1.165, 1.54) is 0 Å². The van der Waals surface area contributed by atoms with Crippen LogP contribution < -0.4 is 0 Å². The van der Waals surface area contributed by atoms with E-state index in [0.29, 0.717) is 0 Å². The summed E-state index contributed by atoms with van der Waals surface area (Å²) in [7, 11) is 0. The average molecular weight is 196 g/mol. The monoisotopic (exact) mass is 196 g/mol. The Morgan fingerprint density at radius 3 is 0.200 bits per heavy atom. The van der Waals surface area contributed by atoms with E-state index < -0.39 is 0 Å². The molecule has 0 aromatic heterocycles. The summed E-state index contributed by atoms with van der Waals surface area (Å²) in [5, 5.41) is 0. The van der Waals surface area contributed by atoms with Gasteiger partial charge in [0.05, 0.1) is 0 Å². The fourth-order valence-electron chi connectivity index (χ4n) is 0. The summed E-state index contributed by atoms with van der Waals surface area (Å²) in [5.41, 5.74) is 0. The summed E-state index contributed by atoms with van der Waals surface area (Å²) in [5.74, 6) is 0. The van der Waals surface area contributed by atoms with Gasteiger partial charge in [0, 0.05) is 0 Å². The smallest absolute Gasteiger partial charge is 0.197 e. The molecule has 18 N–H and O–H groups in total. The first-order valence-electron chi connectivity index (χ1n) is 0. The normalized spacial score (nSPS) is 0. The van der Waals surface area contributed by atoms with E-state index in [0.717, 1.165) is 0 Å². The van der Waals surface area contributed by atoms with Gasteiger partial charge >= 0.3 is 0 Å². The molecule has 0 radical (unpaired) electrons. The molecule has 0 bridgehead atoms. The quantitative estimate of drug-likeness (QED) is 0.348. The topological polar surface area (TPSA) is 284 Å². The predicted octanol–water partition coefficient (Wildman–Crippen LogP) is -7.31. The van der Waals surface area contributed by atoms with E-state index in [1.54, 1.807) is 0 Å². The van der Waals surface area contributed by atoms with Crippen LogP contribution in [-0.2, 0) is 0 Å². The first-order chi connectivity index (χ1) is 0. The molecule has 0 saturated carbocycles. The summed E-state index contributed by atoms with van der Waals surface area (Å²) in [6.07, 6.45) is 0. The maximum atomic E-state index is 0. The van der Waals surface area contributed by atoms with Crippen molar-refractivity contribution in [1.29, 1.82) is 0 Å². The number of rotatable bonds is 0. The molecule has 0 heterocycles. The molecule has 0 aliphatic rings. The third kappa shape index (κ3) is 3900000. The minimum atomic E-state index is 0. The zero-order chi connectivity index (χ0) is 0. The largest absolute Gasteiger partial charge is 0.412 e. The van der Waals surface area contributed by atoms with Crippen LogP contribution >= 0.6 is 13.5 Å². The molecule has 0 aromatic carbocycles. The van der Waals surface area contributed by atoms with E-state index in [-0.39, 0.29) is 62.8 Å². The molecule has 80 valence electrons. The first-order valence-corrected chi connectivity index (χ1v) is 0. The van der Waals surface area contributed by atoms with Crippen molar-refractivity contribution in [3.63, 3.8) is 0 Å². The molecule has 0 spiro atoms. The fraction of sp³-hybridized carbons (Fsp3) is 0. The second-order valence-corrected chi connectivity index (χ2v) is 0. The summed E-state index contributed by atoms with van der Waals surface area (Å²) in [6.45, 7) is 0. The van der Waals surface area contributed by atoms with Gasteiger partial charge in [-0.3, -0.25) is 0 Å². The highest BCUT2D eigenvalue weighted by Gasteiger charge is -0.197. The second kappa shape index (κ2) is 5740000. The lowest BCUT2D eigenvalue weighted by Gasteiger charge is -0.413. The highest BCUT2D eigenvalue weighted by molar-refractivity contribution is 7.59. The van der Waals surface area contributed by atoms with Crippen molar-refractivity contribution in [2.45, 2.75) is 0 Å². The molecule has 0 atom stereocenters. The summed E-state index contributed by atoms with van der Waals surface area (Å²) >= 11 is 0. The van der Waals surface area contributed by atoms with Crippen molar-refractivity contribution in [1.82, 2.24) is 0 Å². The first kappa shape index (κ1) is 8070000. The second-order valence-electron chi connectivity index (χ2n) is 0. The third-order valence-electron chi connectivity index (χ3n) is 0. The van der Waals surface area contributed by atoms with Crippen LogP contribution in [0.1, 0.15) is 0 Å². The average Bonchev–Trinajstić information content (AvgIpc) is 0. The lowest BCUT2D eigenvalue weighted by atomic mass is 16.0. The molecule has 0 amide bonds. The van der Waals surface area contributed by atoms with Crippen LogP contribution in [0.2, 0.25) is 0 Å². The van der Waals surface area contributed by atoms with Gasteiger partial charge in [0.2, 0.25) is 0 Å². The van der Waals surface area contributed by atoms with Gasteiger partial charge in [-0.2, -0.15) is 13.5 Å². The highest BCUT2D eigenvalue weighted by atomic mass is 32.1. The molecular formula is H20O9S. The third-order valence-corrected chi connectivity index (χ3v) is 0. The summed E-state index contributed by atoms with van der Waals surface area (Å²) in [4.78, 5) is 0. The van der Waals surface area contributed by atoms with Crippen LogP contribution in [0.5, 0.6) is 0 Å². The molecule has 0 aliphatic carbocycles. The van der Waals surface area contributed by atoms with E-state index in [1.807, 2.05) is 0 Å². The SMILES string of the molecule is O.O.O.O.O.O.O.O.O.S. The van der Waals surface area contributed by atoms with Crippen molar-refractivity contribution >= 4 is 13.5 Å². The highest BCUT2D eigenvalue weighted by Crippen LogP contribution is 0.648. The van der Waals surface area contributed by atoms with E-state index in [9.17, 15) is 0 Å². The number of hydrogen-bond acceptors (Lipinski definition) is 0. The minimum Gasteiger partial charge on any atom is -0.412 e. The Morgan fingerprint density at radius 2 is 0.200 bits per heavy atom. The molecule has 0 aromatic rings. The molecular weight excluding hydrogens is 176 g/mol. The van der Waals surface area contributed by atoms with Crippen LogP contribution in [0.15, 0.2) is 0 Å². The summed E-state index contributed by atoms with van der Waals surface area (Å²) < 4.78 is 0. The zero-order valence-electron chi connectivity index (χ0n) is 5.00. The van der Waals surface area contributed by atoms with Crippen LogP contribution in [0.4, 0.5) is 0 Å². The number of hydrogen-bond donors (Lipinski definition) is 0. The van der Waals surface area contributed by atoms with Gasteiger partial charge in [0.25, 0.3) is 0 Å². The molecule has 0 unspecified atom stereocenters. The summed E-state index contributed by atoms with van der Waals surface area (Å²) in [6, 6.07) is 0. The molecule has 0 aliphatic heterocycles. The van der Waals surface area contributed by atoms with Crippen LogP contribution in [0.3, 0.4) is 0 Å². The van der Waals surface area contributed by atoms with Gasteiger partial charge in [0.1, 0.15) is 0 Å². The van der Waals surface area contributed by atoms with Crippen molar-refractivity contribution in [2.24, 2.45) is 0 Å². The Labute approximate surface area is 63.9 Å². The standard InChI is InChI=1S/9H2O.H2S/h10*1H2. The molecule has 0 fully saturated rings. The molecule has 10 heavy (non-hydrogen) atoms. The van der Waals surface area contributed by atoms with Crippen LogP contribution in [0, 0.1) is 0 Å². The van der Waals surface area contributed by atoms with E-state index >= 15 is 0 Å². The van der Waals surface area contributed by atoms with Crippen LogP contribution in [-0.4, -0.2) is 49.3 Å². The van der Waals surface area contributed by atoms with Gasteiger partial charge in [-0.1, -0.05) is 0 Å². The molecule has 0 rings (SSSR count). The lowest BCUT2D eigenvalue weighted by Crippen LogP contribution is -0.290. The van der Waals surface area contributed by atoms with E-state index in [2.05, 4.69) is 0 Å². The van der Waals surface area contributed by atoms with Crippen LogP contribution in [0.25, 0.3) is 0 Å². The van der Waals surface area contributed by atoms with E-state index in [4.69, 9.17) is 0 Å². The van der Waals surface area contributed by atoms with Gasteiger partial charge in [-0.15, -0.1) is 0 Å². The van der Waals surface area contributed by atoms with Gasteiger partial charge in [-0.25, -0.2) is 0 Å². The Hall–Kier alpha value is -0.0100. The Balaban J connectivity index is 0. The van der Waals surface area contributed by atoms with Gasteiger partial charge in [-0.05, 0) is 0 Å². The maximum Gasteiger partial charge on any atom is -0.197 e. The lowest BCUT2D eigenvalue weighted by molar-refractivity contribution is 0.823. The minimum absolute atomic E-state index is 0. The molecule has 9 nitrogen and oxygen atoms in total. The van der Waals surface area contributed by atoms with Gasteiger partial charge in [0.15, 0.2) is 0 Å². The maximum absolute atomic E-state index is 0. The van der Waals surface area contributed by atoms with Crippen molar-refractivity contribution in [3.05, 3.63) is 0 Å². The van der Waals surface area contributed by atoms with Gasteiger partial charge < -0.3 is 49.3 Å². The Morgan fingerprint density at radius 1 is 0.200 bits per heavy atom. The van der Waals surface area contributed by atoms with Crippen molar-refractivity contribution < 1.29 is 49.3 Å².